The molecule has 0 aromatic carbocycles. The van der Waals surface area contributed by atoms with E-state index in [9.17, 15) is 14.4 Å². The third-order valence-electron chi connectivity index (χ3n) is 9.06. The van der Waals surface area contributed by atoms with Crippen molar-refractivity contribution in [3.05, 3.63) is 0 Å². The van der Waals surface area contributed by atoms with E-state index in [4.69, 9.17) is 0 Å². The van der Waals surface area contributed by atoms with Crippen LogP contribution in [0, 0.1) is 29.1 Å². The molecule has 0 radical (unpaired) electrons. The Morgan fingerprint density at radius 1 is 1.10 bits per heavy atom. The number of carbonyl (C=O) groups is 3. The van der Waals surface area contributed by atoms with Crippen LogP contribution >= 0.6 is 0 Å². The van der Waals surface area contributed by atoms with Crippen molar-refractivity contribution in [3.8, 4) is 0 Å². The number of amides is 4. The summed E-state index contributed by atoms with van der Waals surface area (Å²) in [5.74, 6) is 2.69. The van der Waals surface area contributed by atoms with Crippen LogP contribution < -0.4 is 10.6 Å². The van der Waals surface area contributed by atoms with Gasteiger partial charge in [0.15, 0.2) is 0 Å². The van der Waals surface area contributed by atoms with Crippen LogP contribution in [0.4, 0.5) is 4.79 Å². The molecular formula is C23H35N3O3. The number of urea groups is 1. The lowest BCUT2D eigenvalue weighted by atomic mass is 9.48. The lowest BCUT2D eigenvalue weighted by Crippen LogP contribution is -2.57. The van der Waals surface area contributed by atoms with E-state index in [1.54, 1.807) is 0 Å². The van der Waals surface area contributed by atoms with Crippen molar-refractivity contribution in [2.75, 3.05) is 6.54 Å². The highest BCUT2D eigenvalue weighted by Crippen LogP contribution is 2.61. The van der Waals surface area contributed by atoms with E-state index in [0.717, 1.165) is 35.5 Å². The molecule has 4 bridgehead atoms. The van der Waals surface area contributed by atoms with Gasteiger partial charge in [-0.25, -0.2) is 4.79 Å². The molecule has 1 saturated heterocycles. The zero-order valence-electron chi connectivity index (χ0n) is 17.8. The van der Waals surface area contributed by atoms with Crippen LogP contribution in [0.15, 0.2) is 0 Å². The molecule has 5 aliphatic carbocycles. The van der Waals surface area contributed by atoms with Gasteiger partial charge in [0.25, 0.3) is 5.91 Å². The zero-order valence-corrected chi connectivity index (χ0v) is 17.8. The second-order valence-corrected chi connectivity index (χ2v) is 11.2. The number of imide groups is 1. The summed E-state index contributed by atoms with van der Waals surface area (Å²) in [5.41, 5.74) is -0.544. The van der Waals surface area contributed by atoms with Gasteiger partial charge in [0.2, 0.25) is 5.91 Å². The number of hydrogen-bond donors (Lipinski definition) is 2. The topological polar surface area (TPSA) is 78.5 Å². The van der Waals surface area contributed by atoms with Gasteiger partial charge in [0, 0.05) is 6.04 Å². The van der Waals surface area contributed by atoms with Gasteiger partial charge in [-0.2, -0.15) is 0 Å². The summed E-state index contributed by atoms with van der Waals surface area (Å²) >= 11 is 0. The van der Waals surface area contributed by atoms with E-state index in [-0.39, 0.29) is 29.8 Å². The van der Waals surface area contributed by atoms with Crippen LogP contribution in [0.5, 0.6) is 0 Å². The summed E-state index contributed by atoms with van der Waals surface area (Å²) in [6.07, 6.45) is 11.1. The predicted octanol–water partition coefficient (Wildman–Crippen LogP) is 3.21. The van der Waals surface area contributed by atoms with Crippen molar-refractivity contribution >= 4 is 17.8 Å². The molecule has 5 saturated carbocycles. The lowest BCUT2D eigenvalue weighted by Gasteiger charge is -2.59. The Bertz CT molecular complexity index is 690. The van der Waals surface area contributed by atoms with Crippen molar-refractivity contribution < 1.29 is 14.4 Å². The molecule has 4 amide bonds. The monoisotopic (exact) mass is 401 g/mol. The Kier molecular flexibility index (Phi) is 4.48. The van der Waals surface area contributed by atoms with Crippen LogP contribution in [0.3, 0.4) is 0 Å². The number of hydrogen-bond acceptors (Lipinski definition) is 3. The molecule has 1 aliphatic heterocycles. The zero-order chi connectivity index (χ0) is 20.4. The van der Waals surface area contributed by atoms with Gasteiger partial charge in [0.1, 0.15) is 12.1 Å². The molecule has 6 rings (SSSR count). The predicted molar refractivity (Wildman–Crippen MR) is 109 cm³/mol. The van der Waals surface area contributed by atoms with E-state index in [2.05, 4.69) is 24.5 Å². The summed E-state index contributed by atoms with van der Waals surface area (Å²) in [4.78, 5) is 39.5. The summed E-state index contributed by atoms with van der Waals surface area (Å²) in [6, 6.07) is -0.296. The maximum absolute atomic E-state index is 13.0. The van der Waals surface area contributed by atoms with Crippen LogP contribution in [-0.4, -0.2) is 40.9 Å². The summed E-state index contributed by atoms with van der Waals surface area (Å²) in [7, 11) is 0. The minimum atomic E-state index is -0.768. The fourth-order valence-electron chi connectivity index (χ4n) is 7.71. The first kappa shape index (κ1) is 19.4. The van der Waals surface area contributed by atoms with Crippen LogP contribution in [-0.2, 0) is 9.59 Å². The molecule has 29 heavy (non-hydrogen) atoms. The van der Waals surface area contributed by atoms with Crippen LogP contribution in [0.1, 0.15) is 78.1 Å². The van der Waals surface area contributed by atoms with E-state index in [1.165, 1.54) is 38.5 Å². The highest BCUT2D eigenvalue weighted by Gasteiger charge is 2.54. The first-order valence-electron chi connectivity index (χ1n) is 11.7. The molecule has 6 fully saturated rings. The van der Waals surface area contributed by atoms with E-state index in [1.807, 2.05) is 0 Å². The molecule has 1 spiro atoms. The van der Waals surface area contributed by atoms with E-state index < -0.39 is 11.6 Å². The molecule has 6 heteroatoms. The highest BCUT2D eigenvalue weighted by molar-refractivity contribution is 6.09. The van der Waals surface area contributed by atoms with Crippen molar-refractivity contribution in [2.24, 2.45) is 29.1 Å². The molecular weight excluding hydrogens is 366 g/mol. The first-order valence-corrected chi connectivity index (χ1v) is 11.7. The summed E-state index contributed by atoms with van der Waals surface area (Å²) in [6.45, 7) is 4.17. The van der Waals surface area contributed by atoms with Crippen LogP contribution in [0.25, 0.3) is 0 Å². The second kappa shape index (κ2) is 6.71. The van der Waals surface area contributed by atoms with Gasteiger partial charge >= 0.3 is 6.03 Å². The molecule has 6 nitrogen and oxygen atoms in total. The Labute approximate surface area is 173 Å². The average Bonchev–Trinajstić information content (AvgIpc) is 2.87. The molecule has 6 aliphatic rings. The Morgan fingerprint density at radius 3 is 2.21 bits per heavy atom. The molecule has 0 unspecified atom stereocenters. The first-order chi connectivity index (χ1) is 13.8. The van der Waals surface area contributed by atoms with Crippen molar-refractivity contribution in [1.29, 1.82) is 0 Å². The maximum Gasteiger partial charge on any atom is 0.325 e. The average molecular weight is 402 g/mol. The molecule has 0 aromatic rings. The van der Waals surface area contributed by atoms with E-state index in [0.29, 0.717) is 18.8 Å². The number of carbonyl (C=O) groups excluding carboxylic acids is 3. The van der Waals surface area contributed by atoms with Gasteiger partial charge in [0.05, 0.1) is 0 Å². The number of nitrogens with zero attached hydrogens (tertiary/aromatic N) is 1. The second-order valence-electron chi connectivity index (χ2n) is 11.2. The van der Waals surface area contributed by atoms with E-state index >= 15 is 0 Å². The molecule has 1 heterocycles. The standard InChI is InChI=1S/C23H35N3O3/c1-14-3-5-23(6-4-14)20(28)26(21(29)25-23)13-19(27)24-15(2)22-10-16-7-17(11-22)9-18(8-16)12-22/h14-18H,3-13H2,1-2H3,(H,24,27)(H,25,29)/t14?,15-,16?,17?,18?,22?,23?/m1/s1. The minimum Gasteiger partial charge on any atom is -0.352 e. The number of nitrogens with one attached hydrogen (secondary N) is 2. The maximum atomic E-state index is 13.0. The molecule has 0 aromatic heterocycles. The van der Waals surface area contributed by atoms with Gasteiger partial charge in [-0.15, -0.1) is 0 Å². The van der Waals surface area contributed by atoms with Gasteiger partial charge in [-0.3, -0.25) is 14.5 Å². The Hall–Kier alpha value is -1.59. The van der Waals surface area contributed by atoms with Gasteiger partial charge in [-0.05, 0) is 100 Å². The smallest absolute Gasteiger partial charge is 0.325 e. The largest absolute Gasteiger partial charge is 0.352 e. The van der Waals surface area contributed by atoms with Crippen molar-refractivity contribution in [3.63, 3.8) is 0 Å². The molecule has 2 N–H and O–H groups in total. The number of rotatable bonds is 4. The van der Waals surface area contributed by atoms with Gasteiger partial charge in [-0.1, -0.05) is 6.92 Å². The fraction of sp³-hybridized carbons (Fsp3) is 0.870. The highest BCUT2D eigenvalue weighted by atomic mass is 16.2. The summed E-state index contributed by atoms with van der Waals surface area (Å²) < 4.78 is 0. The Morgan fingerprint density at radius 2 is 1.66 bits per heavy atom. The SMILES string of the molecule is CC1CCC2(CC1)NC(=O)N(CC(=O)N[C@H](C)C13CC4CC(CC(C4)C1)C3)C2=O. The fourth-order valence-corrected chi connectivity index (χ4v) is 7.71. The van der Waals surface area contributed by atoms with Crippen LogP contribution in [0.2, 0.25) is 0 Å². The third-order valence-corrected chi connectivity index (χ3v) is 9.06. The molecule has 160 valence electrons. The quantitative estimate of drug-likeness (QED) is 0.710. The van der Waals surface area contributed by atoms with Crippen molar-refractivity contribution in [1.82, 2.24) is 15.5 Å². The minimum absolute atomic E-state index is 0.105. The Balaban J connectivity index is 1.22. The van der Waals surface area contributed by atoms with Crippen molar-refractivity contribution in [2.45, 2.75) is 89.6 Å². The summed E-state index contributed by atoms with van der Waals surface area (Å²) in [5, 5.41) is 6.10. The normalized spacial score (nSPS) is 44.3. The molecule has 1 atom stereocenters. The van der Waals surface area contributed by atoms with Gasteiger partial charge < -0.3 is 10.6 Å². The third kappa shape index (κ3) is 3.17. The lowest BCUT2D eigenvalue weighted by molar-refractivity contribution is -0.137.